The van der Waals surface area contributed by atoms with Crippen LogP contribution in [0.5, 0.6) is 0 Å². The van der Waals surface area contributed by atoms with Gasteiger partial charge in [0, 0.05) is 27.8 Å². The largest absolute Gasteiger partial charge is 0.381 e. The SMILES string of the molecule is Cc1c(CNc2ccc(Br)cc2)c(=O)[nH]n2cnnc12. The van der Waals surface area contributed by atoms with Gasteiger partial charge in [0.25, 0.3) is 5.56 Å². The maximum absolute atomic E-state index is 12.0. The number of anilines is 1. The number of nitrogens with zero attached hydrogens (tertiary/aromatic N) is 3. The molecule has 0 fully saturated rings. The predicted molar refractivity (Wildman–Crippen MR) is 79.8 cm³/mol. The van der Waals surface area contributed by atoms with Crippen LogP contribution in [0.25, 0.3) is 5.65 Å². The topological polar surface area (TPSA) is 75.1 Å². The zero-order valence-corrected chi connectivity index (χ0v) is 12.3. The van der Waals surface area contributed by atoms with Gasteiger partial charge in [-0.1, -0.05) is 15.9 Å². The summed E-state index contributed by atoms with van der Waals surface area (Å²) in [4.78, 5) is 12.0. The van der Waals surface area contributed by atoms with Crippen molar-refractivity contribution in [2.45, 2.75) is 13.5 Å². The van der Waals surface area contributed by atoms with E-state index in [0.717, 1.165) is 15.7 Å². The number of aromatic amines is 1. The zero-order chi connectivity index (χ0) is 14.1. The number of halogens is 1. The lowest BCUT2D eigenvalue weighted by Crippen LogP contribution is -2.21. The molecule has 0 atom stereocenters. The molecule has 2 aromatic heterocycles. The smallest absolute Gasteiger partial charge is 0.268 e. The summed E-state index contributed by atoms with van der Waals surface area (Å²) in [6.07, 6.45) is 1.48. The number of hydrogen-bond acceptors (Lipinski definition) is 4. The van der Waals surface area contributed by atoms with Crippen molar-refractivity contribution in [2.75, 3.05) is 5.32 Å². The van der Waals surface area contributed by atoms with E-state index in [2.05, 4.69) is 36.5 Å². The van der Waals surface area contributed by atoms with Crippen LogP contribution in [-0.2, 0) is 6.54 Å². The Kier molecular flexibility index (Phi) is 3.27. The quantitative estimate of drug-likeness (QED) is 0.769. The molecule has 0 spiro atoms. The molecule has 0 radical (unpaired) electrons. The van der Waals surface area contributed by atoms with Crippen molar-refractivity contribution in [2.24, 2.45) is 0 Å². The fourth-order valence-electron chi connectivity index (χ4n) is 2.03. The van der Waals surface area contributed by atoms with Gasteiger partial charge in [0.05, 0.1) is 0 Å². The monoisotopic (exact) mass is 333 g/mol. The van der Waals surface area contributed by atoms with Gasteiger partial charge in [-0.25, -0.2) is 4.52 Å². The Balaban J connectivity index is 1.90. The number of aryl methyl sites for hydroxylation is 1. The van der Waals surface area contributed by atoms with E-state index >= 15 is 0 Å². The van der Waals surface area contributed by atoms with Crippen LogP contribution in [-0.4, -0.2) is 19.8 Å². The highest BCUT2D eigenvalue weighted by molar-refractivity contribution is 9.10. The Hall–Kier alpha value is -2.15. The number of fused-ring (bicyclic) bond motifs is 1. The normalized spacial score (nSPS) is 10.9. The van der Waals surface area contributed by atoms with Crippen molar-refractivity contribution in [1.82, 2.24) is 19.8 Å². The molecule has 3 rings (SSSR count). The molecule has 0 unspecified atom stereocenters. The highest BCUT2D eigenvalue weighted by atomic mass is 79.9. The second-order valence-corrected chi connectivity index (χ2v) is 5.35. The molecular weight excluding hydrogens is 322 g/mol. The molecule has 7 heteroatoms. The summed E-state index contributed by atoms with van der Waals surface area (Å²) >= 11 is 3.39. The Morgan fingerprint density at radius 3 is 2.85 bits per heavy atom. The van der Waals surface area contributed by atoms with E-state index < -0.39 is 0 Å². The minimum absolute atomic E-state index is 0.139. The first-order valence-corrected chi connectivity index (χ1v) is 6.85. The molecule has 6 nitrogen and oxygen atoms in total. The number of nitrogens with one attached hydrogen (secondary N) is 2. The zero-order valence-electron chi connectivity index (χ0n) is 10.7. The second-order valence-electron chi connectivity index (χ2n) is 4.43. The van der Waals surface area contributed by atoms with Crippen LogP contribution in [0.2, 0.25) is 0 Å². The van der Waals surface area contributed by atoms with Crippen molar-refractivity contribution in [3.63, 3.8) is 0 Å². The number of hydrogen-bond donors (Lipinski definition) is 2. The molecular formula is C13H12BrN5O. The van der Waals surface area contributed by atoms with Crippen LogP contribution in [0, 0.1) is 6.92 Å². The summed E-state index contributed by atoms with van der Waals surface area (Å²) < 4.78 is 2.54. The molecule has 2 N–H and O–H groups in total. The van der Waals surface area contributed by atoms with Gasteiger partial charge in [-0.05, 0) is 31.2 Å². The third kappa shape index (κ3) is 2.32. The summed E-state index contributed by atoms with van der Waals surface area (Å²) in [5, 5.41) is 13.7. The van der Waals surface area contributed by atoms with E-state index in [1.165, 1.54) is 10.8 Å². The average molecular weight is 334 g/mol. The first kappa shape index (κ1) is 12.9. The van der Waals surface area contributed by atoms with E-state index in [0.29, 0.717) is 17.8 Å². The highest BCUT2D eigenvalue weighted by Crippen LogP contribution is 2.15. The van der Waals surface area contributed by atoms with Crippen LogP contribution >= 0.6 is 15.9 Å². The molecule has 102 valence electrons. The van der Waals surface area contributed by atoms with Crippen molar-refractivity contribution in [3.8, 4) is 0 Å². The lowest BCUT2D eigenvalue weighted by atomic mass is 10.1. The molecule has 1 aromatic carbocycles. The Morgan fingerprint density at radius 1 is 1.35 bits per heavy atom. The summed E-state index contributed by atoms with van der Waals surface area (Å²) in [5.74, 6) is 0. The van der Waals surface area contributed by atoms with E-state index in [4.69, 9.17) is 0 Å². The second kappa shape index (κ2) is 5.09. The molecule has 0 saturated heterocycles. The first-order chi connectivity index (χ1) is 9.65. The van der Waals surface area contributed by atoms with Gasteiger partial charge in [0.1, 0.15) is 6.33 Å². The van der Waals surface area contributed by atoms with E-state index in [1.54, 1.807) is 0 Å². The Bertz CT molecular complexity index is 806. The lowest BCUT2D eigenvalue weighted by Gasteiger charge is -2.09. The minimum Gasteiger partial charge on any atom is -0.381 e. The molecule has 0 saturated carbocycles. The number of benzene rings is 1. The van der Waals surface area contributed by atoms with Crippen LogP contribution < -0.4 is 10.9 Å². The third-order valence-electron chi connectivity index (χ3n) is 3.15. The van der Waals surface area contributed by atoms with Gasteiger partial charge >= 0.3 is 0 Å². The van der Waals surface area contributed by atoms with Gasteiger partial charge in [-0.3, -0.25) is 9.89 Å². The van der Waals surface area contributed by atoms with Crippen LogP contribution in [0.15, 0.2) is 39.9 Å². The fraction of sp³-hybridized carbons (Fsp3) is 0.154. The van der Waals surface area contributed by atoms with Gasteiger partial charge in [-0.2, -0.15) is 0 Å². The summed E-state index contributed by atoms with van der Waals surface area (Å²) in [7, 11) is 0. The van der Waals surface area contributed by atoms with Crippen LogP contribution in [0.4, 0.5) is 5.69 Å². The molecule has 0 bridgehead atoms. The molecule has 0 amide bonds. The van der Waals surface area contributed by atoms with Gasteiger partial charge in [-0.15, -0.1) is 10.2 Å². The molecule has 0 aliphatic heterocycles. The standard InChI is InChI=1S/C13H12BrN5O/c1-8-11(6-15-10-4-2-9(14)3-5-10)13(20)18-19-7-16-17-12(8)19/h2-5,7,15H,6H2,1H3,(H,18,20). The van der Waals surface area contributed by atoms with Crippen molar-refractivity contribution in [1.29, 1.82) is 0 Å². The number of rotatable bonds is 3. The summed E-state index contributed by atoms with van der Waals surface area (Å²) in [6.45, 7) is 2.31. The number of H-pyrrole nitrogens is 1. The lowest BCUT2D eigenvalue weighted by molar-refractivity contribution is 0.864. The summed E-state index contributed by atoms with van der Waals surface area (Å²) in [5.41, 5.74) is 2.97. The maximum atomic E-state index is 12.0. The Morgan fingerprint density at radius 2 is 2.10 bits per heavy atom. The highest BCUT2D eigenvalue weighted by Gasteiger charge is 2.10. The minimum atomic E-state index is -0.139. The maximum Gasteiger partial charge on any atom is 0.268 e. The molecule has 3 aromatic rings. The summed E-state index contributed by atoms with van der Waals surface area (Å²) in [6, 6.07) is 7.79. The molecule has 20 heavy (non-hydrogen) atoms. The van der Waals surface area contributed by atoms with Crippen molar-refractivity contribution >= 4 is 27.3 Å². The Labute approximate surface area is 123 Å². The van der Waals surface area contributed by atoms with E-state index in [-0.39, 0.29) is 5.56 Å². The van der Waals surface area contributed by atoms with Crippen LogP contribution in [0.1, 0.15) is 11.1 Å². The van der Waals surface area contributed by atoms with E-state index in [1.807, 2.05) is 31.2 Å². The van der Waals surface area contributed by atoms with Gasteiger partial charge < -0.3 is 5.32 Å². The third-order valence-corrected chi connectivity index (χ3v) is 3.67. The van der Waals surface area contributed by atoms with Crippen molar-refractivity contribution in [3.05, 3.63) is 56.5 Å². The molecule has 0 aliphatic rings. The number of aromatic nitrogens is 4. The predicted octanol–water partition coefficient (Wildman–Crippen LogP) is 2.10. The van der Waals surface area contributed by atoms with E-state index in [9.17, 15) is 4.79 Å². The average Bonchev–Trinajstić information content (AvgIpc) is 2.89. The first-order valence-electron chi connectivity index (χ1n) is 6.06. The fourth-order valence-corrected chi connectivity index (χ4v) is 2.29. The van der Waals surface area contributed by atoms with Crippen molar-refractivity contribution < 1.29 is 0 Å². The van der Waals surface area contributed by atoms with Gasteiger partial charge in [0.15, 0.2) is 5.65 Å². The van der Waals surface area contributed by atoms with Crippen LogP contribution in [0.3, 0.4) is 0 Å². The van der Waals surface area contributed by atoms with Gasteiger partial charge in [0.2, 0.25) is 0 Å². The molecule has 2 heterocycles. The molecule has 0 aliphatic carbocycles.